The molecule has 2 N–H and O–H groups in total. The second-order valence-corrected chi connectivity index (χ2v) is 3.89. The molecule has 1 amide bonds. The summed E-state index contributed by atoms with van der Waals surface area (Å²) in [5, 5.41) is 0. The Morgan fingerprint density at radius 1 is 1.16 bits per heavy atom. The minimum Gasteiger partial charge on any atom is -0.307 e. The Morgan fingerprint density at radius 3 is 2.42 bits per heavy atom. The molecular formula is C13H13N3O3. The van der Waals surface area contributed by atoms with Crippen molar-refractivity contribution in [3.8, 4) is 0 Å². The molecule has 6 heteroatoms. The number of nitrogens with one attached hydrogen (secondary N) is 2. The Hall–Kier alpha value is -2.63. The quantitative estimate of drug-likeness (QED) is 0.852. The Balaban J connectivity index is 2.42. The second-order valence-electron chi connectivity index (χ2n) is 3.89. The molecule has 0 aliphatic carbocycles. The number of aromatic nitrogens is 2. The first-order valence-corrected chi connectivity index (χ1v) is 5.82. The van der Waals surface area contributed by atoms with Crippen molar-refractivity contribution in [2.45, 2.75) is 6.92 Å². The van der Waals surface area contributed by atoms with E-state index in [9.17, 15) is 14.4 Å². The van der Waals surface area contributed by atoms with Crippen molar-refractivity contribution in [2.75, 3.05) is 11.4 Å². The molecule has 1 aromatic heterocycles. The highest BCUT2D eigenvalue weighted by molar-refractivity contribution is 6.04. The molecule has 0 bridgehead atoms. The molecule has 0 fully saturated rings. The first-order chi connectivity index (χ1) is 9.11. The zero-order valence-electron chi connectivity index (χ0n) is 10.3. The van der Waals surface area contributed by atoms with Gasteiger partial charge >= 0.3 is 5.69 Å². The normalized spacial score (nSPS) is 10.2. The molecule has 0 saturated carbocycles. The van der Waals surface area contributed by atoms with Crippen LogP contribution in [0.5, 0.6) is 0 Å². The van der Waals surface area contributed by atoms with Crippen LogP contribution in [0.25, 0.3) is 0 Å². The second kappa shape index (κ2) is 5.34. The molecule has 2 rings (SSSR count). The standard InChI is InChI=1S/C13H13N3O3/c1-2-16(9-6-4-3-5-7-9)12(18)10-8-11(17)15-13(19)14-10/h3-8H,2H2,1H3,(H2,14,15,17,19). The van der Waals surface area contributed by atoms with Crippen molar-refractivity contribution in [3.05, 3.63) is 62.9 Å². The summed E-state index contributed by atoms with van der Waals surface area (Å²) in [7, 11) is 0. The summed E-state index contributed by atoms with van der Waals surface area (Å²) in [6.07, 6.45) is 0. The van der Waals surface area contributed by atoms with Crippen molar-refractivity contribution in [2.24, 2.45) is 0 Å². The van der Waals surface area contributed by atoms with Crippen molar-refractivity contribution >= 4 is 11.6 Å². The van der Waals surface area contributed by atoms with Crippen LogP contribution in [0.2, 0.25) is 0 Å². The fraction of sp³-hybridized carbons (Fsp3) is 0.154. The van der Waals surface area contributed by atoms with E-state index in [1.807, 2.05) is 30.1 Å². The number of hydrogen-bond acceptors (Lipinski definition) is 3. The van der Waals surface area contributed by atoms with Crippen LogP contribution in [0.15, 0.2) is 46.0 Å². The van der Waals surface area contributed by atoms with Gasteiger partial charge in [0, 0.05) is 18.3 Å². The predicted octanol–water partition coefficient (Wildman–Crippen LogP) is 0.730. The topological polar surface area (TPSA) is 86.0 Å². The van der Waals surface area contributed by atoms with Crippen molar-refractivity contribution in [1.82, 2.24) is 9.97 Å². The molecule has 2 aromatic rings. The lowest BCUT2D eigenvalue weighted by molar-refractivity contribution is 0.0983. The fourth-order valence-corrected chi connectivity index (χ4v) is 1.78. The zero-order valence-corrected chi connectivity index (χ0v) is 10.3. The van der Waals surface area contributed by atoms with Gasteiger partial charge in [-0.3, -0.25) is 14.6 Å². The molecule has 0 spiro atoms. The van der Waals surface area contributed by atoms with Crippen molar-refractivity contribution in [1.29, 1.82) is 0 Å². The first kappa shape index (κ1) is 12.8. The van der Waals surface area contributed by atoms with Gasteiger partial charge in [-0.25, -0.2) is 4.79 Å². The third-order valence-electron chi connectivity index (χ3n) is 2.62. The van der Waals surface area contributed by atoms with E-state index in [1.54, 1.807) is 12.1 Å². The van der Waals surface area contributed by atoms with Gasteiger partial charge in [0.05, 0.1) is 0 Å². The van der Waals surface area contributed by atoms with Gasteiger partial charge in [-0.2, -0.15) is 0 Å². The largest absolute Gasteiger partial charge is 0.326 e. The Morgan fingerprint density at radius 2 is 1.84 bits per heavy atom. The van der Waals surface area contributed by atoms with E-state index in [0.29, 0.717) is 12.2 Å². The predicted molar refractivity (Wildman–Crippen MR) is 71.5 cm³/mol. The Labute approximate surface area is 108 Å². The van der Waals surface area contributed by atoms with Gasteiger partial charge in [-0.1, -0.05) is 18.2 Å². The molecule has 0 aliphatic rings. The summed E-state index contributed by atoms with van der Waals surface area (Å²) in [5.41, 5.74) is -0.619. The van der Waals surface area contributed by atoms with E-state index in [1.165, 1.54) is 4.90 Å². The van der Waals surface area contributed by atoms with Crippen molar-refractivity contribution in [3.63, 3.8) is 0 Å². The number of benzene rings is 1. The van der Waals surface area contributed by atoms with E-state index < -0.39 is 17.2 Å². The van der Waals surface area contributed by atoms with E-state index in [0.717, 1.165) is 6.07 Å². The maximum absolute atomic E-state index is 12.3. The van der Waals surface area contributed by atoms with Gasteiger partial charge in [0.2, 0.25) is 0 Å². The summed E-state index contributed by atoms with van der Waals surface area (Å²) in [6, 6.07) is 10.1. The summed E-state index contributed by atoms with van der Waals surface area (Å²) in [5.74, 6) is -0.420. The molecule has 0 saturated heterocycles. The average molecular weight is 259 g/mol. The number of carbonyl (C=O) groups excluding carboxylic acids is 1. The number of para-hydroxylation sites is 1. The lowest BCUT2D eigenvalue weighted by atomic mass is 10.2. The molecule has 1 heterocycles. The smallest absolute Gasteiger partial charge is 0.307 e. The summed E-state index contributed by atoms with van der Waals surface area (Å²) < 4.78 is 0. The monoisotopic (exact) mass is 259 g/mol. The average Bonchev–Trinajstić information content (AvgIpc) is 2.39. The number of carbonyl (C=O) groups is 1. The van der Waals surface area contributed by atoms with Gasteiger partial charge in [0.1, 0.15) is 5.69 Å². The lowest BCUT2D eigenvalue weighted by Gasteiger charge is -2.20. The fourth-order valence-electron chi connectivity index (χ4n) is 1.78. The Kier molecular flexibility index (Phi) is 3.61. The third kappa shape index (κ3) is 2.79. The minimum atomic E-state index is -0.694. The molecule has 0 aliphatic heterocycles. The van der Waals surface area contributed by atoms with Crippen LogP contribution < -0.4 is 16.1 Å². The van der Waals surface area contributed by atoms with Crippen LogP contribution in [0.3, 0.4) is 0 Å². The maximum atomic E-state index is 12.3. The molecule has 0 radical (unpaired) electrons. The van der Waals surface area contributed by atoms with Gasteiger partial charge < -0.3 is 9.88 Å². The first-order valence-electron chi connectivity index (χ1n) is 5.82. The van der Waals surface area contributed by atoms with Gasteiger partial charge in [0.25, 0.3) is 11.5 Å². The number of hydrogen-bond donors (Lipinski definition) is 2. The van der Waals surface area contributed by atoms with Gasteiger partial charge in [0.15, 0.2) is 0 Å². The zero-order chi connectivity index (χ0) is 13.8. The van der Waals surface area contributed by atoms with E-state index >= 15 is 0 Å². The molecule has 6 nitrogen and oxygen atoms in total. The minimum absolute atomic E-state index is 0.0283. The number of rotatable bonds is 3. The number of anilines is 1. The van der Waals surface area contributed by atoms with Crippen LogP contribution in [-0.4, -0.2) is 22.4 Å². The van der Waals surface area contributed by atoms with E-state index in [-0.39, 0.29) is 5.69 Å². The van der Waals surface area contributed by atoms with Gasteiger partial charge in [-0.05, 0) is 19.1 Å². The molecule has 19 heavy (non-hydrogen) atoms. The highest BCUT2D eigenvalue weighted by Crippen LogP contribution is 2.14. The van der Waals surface area contributed by atoms with Crippen LogP contribution in [-0.2, 0) is 0 Å². The third-order valence-corrected chi connectivity index (χ3v) is 2.62. The summed E-state index contributed by atoms with van der Waals surface area (Å²) >= 11 is 0. The Bertz CT molecular complexity index is 660. The number of aromatic amines is 2. The highest BCUT2D eigenvalue weighted by atomic mass is 16.2. The molecular weight excluding hydrogens is 246 g/mol. The van der Waals surface area contributed by atoms with Crippen LogP contribution in [0, 0.1) is 0 Å². The van der Waals surface area contributed by atoms with Crippen LogP contribution in [0.1, 0.15) is 17.4 Å². The maximum Gasteiger partial charge on any atom is 0.326 e. The van der Waals surface area contributed by atoms with Gasteiger partial charge in [-0.15, -0.1) is 0 Å². The summed E-state index contributed by atoms with van der Waals surface area (Å²) in [6.45, 7) is 2.24. The van der Waals surface area contributed by atoms with Crippen LogP contribution in [0.4, 0.5) is 5.69 Å². The SMILES string of the molecule is CCN(C(=O)c1cc(=O)[nH]c(=O)[nH]1)c1ccccc1. The number of H-pyrrole nitrogens is 2. The number of nitrogens with zero attached hydrogens (tertiary/aromatic N) is 1. The van der Waals surface area contributed by atoms with Crippen LogP contribution >= 0.6 is 0 Å². The van der Waals surface area contributed by atoms with E-state index in [4.69, 9.17) is 0 Å². The van der Waals surface area contributed by atoms with Crippen molar-refractivity contribution < 1.29 is 4.79 Å². The molecule has 1 aromatic carbocycles. The summed E-state index contributed by atoms with van der Waals surface area (Å²) in [4.78, 5) is 40.5. The molecule has 0 atom stereocenters. The molecule has 0 unspecified atom stereocenters. The highest BCUT2D eigenvalue weighted by Gasteiger charge is 2.17. The number of amides is 1. The lowest BCUT2D eigenvalue weighted by Crippen LogP contribution is -2.34. The van der Waals surface area contributed by atoms with E-state index in [2.05, 4.69) is 4.98 Å². The molecule has 98 valence electrons.